The van der Waals surface area contributed by atoms with Crippen LogP contribution in [0.4, 0.5) is 5.69 Å². The zero-order chi connectivity index (χ0) is 39.0. The molecule has 1 spiro atoms. The molecule has 10 rings (SSSR count). The van der Waals surface area contributed by atoms with Crippen LogP contribution in [0, 0.1) is 11.8 Å². The van der Waals surface area contributed by atoms with Gasteiger partial charge in [0, 0.05) is 47.2 Å². The molecule has 4 aliphatic rings. The standard InChI is InChI=1S/C43H39Cl2N5O6/c1-6-42(53,7-2)28(51)18-21-16-20-14-15-27-25(17-20)43-24-12-8-11-23(32(24)48-41(43)54-27)22-10-9-13-26-29(22)30(37(45)50(26)5)34-36(44)49-40(55-34)33-35(43)56-39(47-33)31(19(3)4)46-38(21)52/h8-15,17,19,21,31,41,48,53H,6-7,16,18H2,1-5H3,(H,46,52). The Hall–Kier alpha value is -5.10. The average Bonchev–Trinajstić information content (AvgIpc) is 3.98. The maximum Gasteiger partial charge on any atom is 0.250 e. The van der Waals surface area contributed by atoms with E-state index in [2.05, 4.69) is 28.8 Å². The third-order valence-electron chi connectivity index (χ3n) is 12.5. The molecule has 3 N–H and O–H groups in total. The lowest BCUT2D eigenvalue weighted by Gasteiger charge is -2.29. The van der Waals surface area contributed by atoms with Gasteiger partial charge in [-0.15, -0.1) is 0 Å². The molecule has 56 heavy (non-hydrogen) atoms. The number of hydrogen-bond donors (Lipinski definition) is 3. The molecule has 13 heteroatoms. The predicted molar refractivity (Wildman–Crippen MR) is 212 cm³/mol. The number of carbonyl (C=O) groups is 2. The van der Waals surface area contributed by atoms with Crippen LogP contribution in [0.5, 0.6) is 5.75 Å². The van der Waals surface area contributed by atoms with Crippen LogP contribution in [-0.4, -0.2) is 43.2 Å². The number of benzene rings is 3. The molecule has 4 atom stereocenters. The Morgan fingerprint density at radius 2 is 1.80 bits per heavy atom. The van der Waals surface area contributed by atoms with Crippen molar-refractivity contribution in [1.29, 1.82) is 0 Å². The Balaban J connectivity index is 1.30. The number of rotatable bonds is 6. The SMILES string of the molecule is CCC(O)(CC)C(=O)CC1Cc2ccc3c(c2)C24c5cccc(c5NC2O3)-c2cccc3c2c(c(Cl)n3C)-c2oc(nc2Cl)-c2nc(oc24)C(C(C)C)NC1=O. The van der Waals surface area contributed by atoms with Crippen LogP contribution in [0.15, 0.2) is 63.4 Å². The molecule has 0 saturated carbocycles. The minimum atomic E-state index is -1.53. The molecule has 286 valence electrons. The summed E-state index contributed by atoms with van der Waals surface area (Å²) in [5.41, 5.74) is 4.33. The van der Waals surface area contributed by atoms with E-state index >= 15 is 0 Å². The van der Waals surface area contributed by atoms with Crippen LogP contribution in [0.1, 0.15) is 81.3 Å². The summed E-state index contributed by atoms with van der Waals surface area (Å²) in [4.78, 5) is 38.0. The van der Waals surface area contributed by atoms with E-state index in [1.54, 1.807) is 13.8 Å². The van der Waals surface area contributed by atoms with E-state index in [9.17, 15) is 14.7 Å². The number of nitrogens with one attached hydrogen (secondary N) is 2. The van der Waals surface area contributed by atoms with E-state index in [1.165, 1.54) is 0 Å². The van der Waals surface area contributed by atoms with Gasteiger partial charge in [0.05, 0.1) is 11.1 Å². The van der Waals surface area contributed by atoms with Gasteiger partial charge in [0.25, 0.3) is 5.89 Å². The van der Waals surface area contributed by atoms with Gasteiger partial charge in [0.1, 0.15) is 28.0 Å². The molecule has 4 unspecified atom stereocenters. The van der Waals surface area contributed by atoms with Crippen LogP contribution in [0.2, 0.25) is 10.3 Å². The van der Waals surface area contributed by atoms with Gasteiger partial charge < -0.3 is 33.9 Å². The number of aryl methyl sites for hydroxylation is 1. The highest BCUT2D eigenvalue weighted by atomic mass is 35.5. The Labute approximate surface area is 332 Å². The number of nitrogens with zero attached hydrogens (tertiary/aromatic N) is 3. The summed E-state index contributed by atoms with van der Waals surface area (Å²) >= 11 is 14.1. The van der Waals surface area contributed by atoms with Crippen molar-refractivity contribution in [2.24, 2.45) is 18.9 Å². The normalized spacial score (nSPS) is 21.6. The van der Waals surface area contributed by atoms with Crippen LogP contribution in [0.25, 0.3) is 44.9 Å². The molecular formula is C43H39Cl2N5O6. The van der Waals surface area contributed by atoms with Gasteiger partial charge in [0.2, 0.25) is 11.8 Å². The molecule has 7 heterocycles. The number of ketones is 1. The summed E-state index contributed by atoms with van der Waals surface area (Å²) in [6.07, 6.45) is -0.0832. The quantitative estimate of drug-likeness (QED) is 0.151. The largest absolute Gasteiger partial charge is 0.469 e. The van der Waals surface area contributed by atoms with Gasteiger partial charge >= 0.3 is 0 Å². The number of para-hydroxylation sites is 1. The Bertz CT molecular complexity index is 2670. The van der Waals surface area contributed by atoms with Crippen molar-refractivity contribution in [2.45, 2.75) is 76.7 Å². The van der Waals surface area contributed by atoms with Gasteiger partial charge in [0.15, 0.2) is 34.4 Å². The van der Waals surface area contributed by atoms with E-state index < -0.39 is 29.2 Å². The number of aromatic nitrogens is 3. The first kappa shape index (κ1) is 35.3. The van der Waals surface area contributed by atoms with Crippen molar-refractivity contribution in [3.05, 3.63) is 93.2 Å². The van der Waals surface area contributed by atoms with Gasteiger partial charge in [-0.1, -0.05) is 93.4 Å². The molecular weight excluding hydrogens is 753 g/mol. The average molecular weight is 793 g/mol. The first-order chi connectivity index (χ1) is 26.9. The lowest BCUT2D eigenvalue weighted by Crippen LogP contribution is -2.43. The van der Waals surface area contributed by atoms with Gasteiger partial charge in [-0.2, -0.15) is 4.98 Å². The first-order valence-electron chi connectivity index (χ1n) is 19.1. The number of oxazole rings is 2. The summed E-state index contributed by atoms with van der Waals surface area (Å²) in [5.74, 6) is 0.00129. The summed E-state index contributed by atoms with van der Waals surface area (Å²) < 4.78 is 22.5. The summed E-state index contributed by atoms with van der Waals surface area (Å²) in [7, 11) is 1.90. The molecule has 10 bridgehead atoms. The fourth-order valence-corrected chi connectivity index (χ4v) is 9.85. The molecule has 4 aliphatic heterocycles. The summed E-state index contributed by atoms with van der Waals surface area (Å²) in [5, 5.41) is 19.5. The zero-order valence-electron chi connectivity index (χ0n) is 31.4. The maximum absolute atomic E-state index is 14.4. The molecule has 1 amide bonds. The Morgan fingerprint density at radius 3 is 2.57 bits per heavy atom. The molecule has 0 saturated heterocycles. The van der Waals surface area contributed by atoms with Gasteiger partial charge in [-0.3, -0.25) is 9.59 Å². The fraction of sp³-hybridized carbons (Fsp3) is 0.349. The fourth-order valence-electron chi connectivity index (χ4n) is 9.37. The zero-order valence-corrected chi connectivity index (χ0v) is 32.9. The Morgan fingerprint density at radius 1 is 1.04 bits per heavy atom. The van der Waals surface area contributed by atoms with Crippen molar-refractivity contribution >= 4 is 51.5 Å². The number of fused-ring (bicyclic) bond motifs is 7. The number of hydrogen-bond acceptors (Lipinski definition) is 9. The van der Waals surface area contributed by atoms with Crippen molar-refractivity contribution in [2.75, 3.05) is 5.32 Å². The number of amides is 1. The number of anilines is 1. The van der Waals surface area contributed by atoms with Crippen LogP contribution < -0.4 is 15.4 Å². The van der Waals surface area contributed by atoms with E-state index in [4.69, 9.17) is 46.7 Å². The van der Waals surface area contributed by atoms with Crippen LogP contribution >= 0.6 is 23.2 Å². The minimum absolute atomic E-state index is 0.107. The van der Waals surface area contributed by atoms with E-state index in [0.29, 0.717) is 33.7 Å². The van der Waals surface area contributed by atoms with Crippen LogP contribution in [-0.2, 0) is 28.5 Å². The van der Waals surface area contributed by atoms with E-state index in [1.807, 2.05) is 61.9 Å². The van der Waals surface area contributed by atoms with Crippen molar-refractivity contribution in [3.8, 4) is 39.8 Å². The third kappa shape index (κ3) is 4.62. The smallest absolute Gasteiger partial charge is 0.250 e. The van der Waals surface area contributed by atoms with Crippen LogP contribution in [0.3, 0.4) is 0 Å². The highest BCUT2D eigenvalue weighted by molar-refractivity contribution is 6.38. The molecule has 0 aliphatic carbocycles. The second-order valence-corrected chi connectivity index (χ2v) is 16.5. The van der Waals surface area contributed by atoms with Crippen molar-refractivity contribution in [1.82, 2.24) is 19.9 Å². The molecule has 11 nitrogen and oxygen atoms in total. The van der Waals surface area contributed by atoms with Crippen molar-refractivity contribution < 1.29 is 28.3 Å². The van der Waals surface area contributed by atoms with Crippen molar-refractivity contribution in [3.63, 3.8) is 0 Å². The predicted octanol–water partition coefficient (Wildman–Crippen LogP) is 8.75. The lowest BCUT2D eigenvalue weighted by atomic mass is 9.72. The molecule has 0 radical (unpaired) electrons. The first-order valence-corrected chi connectivity index (χ1v) is 19.9. The lowest BCUT2D eigenvalue weighted by molar-refractivity contribution is -0.141. The number of ether oxygens (including phenoxy) is 1. The number of Topliss-reactive ketones (excluding diaryl/α,β-unsaturated/α-hetero) is 1. The highest BCUT2D eigenvalue weighted by Crippen LogP contribution is 2.62. The number of halogens is 2. The highest BCUT2D eigenvalue weighted by Gasteiger charge is 2.62. The summed E-state index contributed by atoms with van der Waals surface area (Å²) in [6.45, 7) is 7.50. The molecule has 3 aromatic carbocycles. The molecule has 3 aromatic heterocycles. The third-order valence-corrected chi connectivity index (χ3v) is 13.2. The number of carbonyl (C=O) groups excluding carboxylic acids is 2. The second kappa shape index (κ2) is 12.2. The summed E-state index contributed by atoms with van der Waals surface area (Å²) in [6, 6.07) is 17.4. The van der Waals surface area contributed by atoms with E-state index in [-0.39, 0.29) is 60.2 Å². The Kier molecular flexibility index (Phi) is 7.69. The molecule has 6 aromatic rings. The second-order valence-electron chi connectivity index (χ2n) is 15.8. The minimum Gasteiger partial charge on any atom is -0.469 e. The molecule has 0 fully saturated rings. The van der Waals surface area contributed by atoms with Gasteiger partial charge in [-0.05, 0) is 48.4 Å². The van der Waals surface area contributed by atoms with Gasteiger partial charge in [-0.25, -0.2) is 4.98 Å². The van der Waals surface area contributed by atoms with E-state index in [0.717, 1.165) is 44.4 Å². The maximum atomic E-state index is 14.4. The number of aliphatic hydroxyl groups is 1. The monoisotopic (exact) mass is 791 g/mol. The topological polar surface area (TPSA) is 145 Å².